The van der Waals surface area contributed by atoms with Crippen molar-refractivity contribution in [3.05, 3.63) is 59.7 Å². The first-order valence-corrected chi connectivity index (χ1v) is 12.5. The summed E-state index contributed by atoms with van der Waals surface area (Å²) in [6, 6.07) is 16.8. The second-order valence-corrected chi connectivity index (χ2v) is 9.62. The van der Waals surface area contributed by atoms with Gasteiger partial charge in [0.1, 0.15) is 5.75 Å². The number of nitrogens with zero attached hydrogens (tertiary/aromatic N) is 1. The van der Waals surface area contributed by atoms with E-state index in [1.807, 2.05) is 24.3 Å². The second-order valence-electron chi connectivity index (χ2n) is 9.62. The summed E-state index contributed by atoms with van der Waals surface area (Å²) in [6.07, 6.45) is 6.40. The van der Waals surface area contributed by atoms with Gasteiger partial charge in [0, 0.05) is 31.5 Å². The van der Waals surface area contributed by atoms with Crippen molar-refractivity contribution in [2.75, 3.05) is 38.2 Å². The van der Waals surface area contributed by atoms with Crippen molar-refractivity contribution in [3.63, 3.8) is 0 Å². The largest absolute Gasteiger partial charge is 0.494 e. The number of amides is 1. The summed E-state index contributed by atoms with van der Waals surface area (Å²) < 4.78 is 11.5. The minimum atomic E-state index is -0.549. The lowest BCUT2D eigenvalue weighted by Gasteiger charge is -2.36. The summed E-state index contributed by atoms with van der Waals surface area (Å²) in [5.41, 5.74) is 2.51. The van der Waals surface area contributed by atoms with Gasteiger partial charge in [-0.25, -0.2) is 0 Å². The molecule has 2 aromatic rings. The van der Waals surface area contributed by atoms with Crippen molar-refractivity contribution in [3.8, 4) is 5.75 Å². The SMILES string of the molecule is Cc1ccc(C2(C(=O)Nc3ccc(OCCCN4CCCC[C@@H]4C)cc3)CCOCC2)cc1. The van der Waals surface area contributed by atoms with Gasteiger partial charge in [-0.3, -0.25) is 4.79 Å². The van der Waals surface area contributed by atoms with Crippen LogP contribution in [-0.2, 0) is 14.9 Å². The quantitative estimate of drug-likeness (QED) is 0.553. The van der Waals surface area contributed by atoms with E-state index in [0.717, 1.165) is 30.0 Å². The molecular formula is C28H38N2O3. The number of anilines is 1. The summed E-state index contributed by atoms with van der Waals surface area (Å²) in [5, 5.41) is 3.15. The molecule has 1 N–H and O–H groups in total. The molecule has 0 unspecified atom stereocenters. The van der Waals surface area contributed by atoms with Crippen molar-refractivity contribution < 1.29 is 14.3 Å². The molecule has 2 saturated heterocycles. The Morgan fingerprint density at radius 1 is 1.09 bits per heavy atom. The zero-order valence-corrected chi connectivity index (χ0v) is 20.1. The van der Waals surface area contributed by atoms with Crippen LogP contribution in [0.25, 0.3) is 0 Å². The third kappa shape index (κ3) is 5.96. The summed E-state index contributed by atoms with van der Waals surface area (Å²) in [5.74, 6) is 0.887. The van der Waals surface area contributed by atoms with Crippen molar-refractivity contribution in [2.24, 2.45) is 0 Å². The van der Waals surface area contributed by atoms with Gasteiger partial charge in [0.25, 0.3) is 0 Å². The number of carbonyl (C=O) groups excluding carboxylic acids is 1. The Morgan fingerprint density at radius 2 is 1.82 bits per heavy atom. The maximum atomic E-state index is 13.4. The Balaban J connectivity index is 1.31. The molecule has 1 atom stereocenters. The molecule has 0 aromatic heterocycles. The fourth-order valence-corrected chi connectivity index (χ4v) is 5.07. The van der Waals surface area contributed by atoms with Crippen LogP contribution in [0.1, 0.15) is 56.6 Å². The third-order valence-corrected chi connectivity index (χ3v) is 7.30. The average molecular weight is 451 g/mol. The first kappa shape index (κ1) is 23.8. The Hall–Kier alpha value is -2.37. The van der Waals surface area contributed by atoms with Crippen LogP contribution in [0.2, 0.25) is 0 Å². The maximum absolute atomic E-state index is 13.4. The Morgan fingerprint density at radius 3 is 2.52 bits per heavy atom. The molecule has 5 heteroatoms. The molecule has 2 aliphatic heterocycles. The number of ether oxygens (including phenoxy) is 2. The predicted molar refractivity (Wildman–Crippen MR) is 133 cm³/mol. The number of rotatable bonds is 8. The molecule has 4 rings (SSSR count). The smallest absolute Gasteiger partial charge is 0.235 e. The van der Waals surface area contributed by atoms with Crippen molar-refractivity contribution in [2.45, 2.75) is 63.8 Å². The highest BCUT2D eigenvalue weighted by Gasteiger charge is 2.41. The lowest BCUT2D eigenvalue weighted by Crippen LogP contribution is -2.44. The molecule has 0 radical (unpaired) electrons. The molecule has 0 spiro atoms. The summed E-state index contributed by atoms with van der Waals surface area (Å²) >= 11 is 0. The van der Waals surface area contributed by atoms with Crippen molar-refractivity contribution in [1.29, 1.82) is 0 Å². The van der Waals surface area contributed by atoms with E-state index in [0.29, 0.717) is 38.7 Å². The van der Waals surface area contributed by atoms with E-state index >= 15 is 0 Å². The monoisotopic (exact) mass is 450 g/mol. The van der Waals surface area contributed by atoms with E-state index in [4.69, 9.17) is 9.47 Å². The van der Waals surface area contributed by atoms with Crippen LogP contribution in [0, 0.1) is 6.92 Å². The number of benzene rings is 2. The van der Waals surface area contributed by atoms with Crippen LogP contribution in [0.15, 0.2) is 48.5 Å². The maximum Gasteiger partial charge on any atom is 0.235 e. The molecule has 178 valence electrons. The Bertz CT molecular complexity index is 888. The Kier molecular flexibility index (Phi) is 8.05. The van der Waals surface area contributed by atoms with Gasteiger partial charge < -0.3 is 19.7 Å². The topological polar surface area (TPSA) is 50.8 Å². The highest BCUT2D eigenvalue weighted by atomic mass is 16.5. The molecule has 2 aromatic carbocycles. The van der Waals surface area contributed by atoms with Gasteiger partial charge >= 0.3 is 0 Å². The molecule has 33 heavy (non-hydrogen) atoms. The first-order valence-electron chi connectivity index (χ1n) is 12.5. The zero-order valence-electron chi connectivity index (χ0n) is 20.1. The molecule has 2 heterocycles. The first-order chi connectivity index (χ1) is 16.1. The minimum absolute atomic E-state index is 0.0407. The summed E-state index contributed by atoms with van der Waals surface area (Å²) in [4.78, 5) is 16.0. The van der Waals surface area contributed by atoms with Gasteiger partial charge in [-0.2, -0.15) is 0 Å². The predicted octanol–water partition coefficient (Wildman–Crippen LogP) is 5.33. The lowest BCUT2D eigenvalue weighted by molar-refractivity contribution is -0.125. The number of nitrogens with one attached hydrogen (secondary N) is 1. The normalized spacial score (nSPS) is 20.8. The van der Waals surface area contributed by atoms with Gasteiger partial charge in [0.15, 0.2) is 0 Å². The zero-order chi connectivity index (χ0) is 23.1. The van der Waals surface area contributed by atoms with Crippen LogP contribution in [0.4, 0.5) is 5.69 Å². The number of aryl methyl sites for hydroxylation is 1. The molecule has 0 aliphatic carbocycles. The fraction of sp³-hybridized carbons (Fsp3) is 0.536. The van der Waals surface area contributed by atoms with E-state index in [1.165, 1.54) is 31.4 Å². The molecule has 5 nitrogen and oxygen atoms in total. The van der Waals surface area contributed by atoms with Gasteiger partial charge in [0.2, 0.25) is 5.91 Å². The lowest BCUT2D eigenvalue weighted by atomic mass is 9.73. The molecule has 1 amide bonds. The van der Waals surface area contributed by atoms with E-state index < -0.39 is 5.41 Å². The van der Waals surface area contributed by atoms with Crippen molar-refractivity contribution in [1.82, 2.24) is 4.90 Å². The minimum Gasteiger partial charge on any atom is -0.494 e. The fourth-order valence-electron chi connectivity index (χ4n) is 5.07. The van der Waals surface area contributed by atoms with E-state index in [9.17, 15) is 4.79 Å². The van der Waals surface area contributed by atoms with E-state index in [-0.39, 0.29) is 5.91 Å². The highest BCUT2D eigenvalue weighted by Crippen LogP contribution is 2.36. The molecular weight excluding hydrogens is 412 g/mol. The third-order valence-electron chi connectivity index (χ3n) is 7.30. The molecule has 0 bridgehead atoms. The second kappa shape index (κ2) is 11.2. The number of likely N-dealkylation sites (tertiary alicyclic amines) is 1. The molecule has 2 fully saturated rings. The van der Waals surface area contributed by atoms with Crippen LogP contribution in [0.3, 0.4) is 0 Å². The number of hydrogen-bond acceptors (Lipinski definition) is 4. The van der Waals surface area contributed by atoms with E-state index in [2.05, 4.69) is 48.3 Å². The van der Waals surface area contributed by atoms with Crippen LogP contribution in [0.5, 0.6) is 5.75 Å². The Labute approximate surface area is 198 Å². The van der Waals surface area contributed by atoms with Gasteiger partial charge in [-0.1, -0.05) is 36.2 Å². The van der Waals surface area contributed by atoms with Gasteiger partial charge in [-0.15, -0.1) is 0 Å². The summed E-state index contributed by atoms with van der Waals surface area (Å²) in [6.45, 7) is 8.63. The van der Waals surface area contributed by atoms with Gasteiger partial charge in [-0.05, 0) is 82.3 Å². The highest BCUT2D eigenvalue weighted by molar-refractivity contribution is 5.99. The number of carbonyl (C=O) groups is 1. The average Bonchev–Trinajstić information content (AvgIpc) is 2.84. The van der Waals surface area contributed by atoms with Crippen LogP contribution < -0.4 is 10.1 Å². The summed E-state index contributed by atoms with van der Waals surface area (Å²) in [7, 11) is 0. The number of piperidine rings is 1. The molecule has 0 saturated carbocycles. The van der Waals surface area contributed by atoms with Crippen molar-refractivity contribution >= 4 is 11.6 Å². The standard InChI is InChI=1S/C28H38N2O3/c1-22-7-9-24(10-8-22)28(15-20-32-21-16-28)27(31)29-25-11-13-26(14-12-25)33-19-5-18-30-17-4-3-6-23(30)2/h7-14,23H,3-6,15-21H2,1-2H3,(H,29,31)/t23-/m0/s1. The van der Waals surface area contributed by atoms with Gasteiger partial charge in [0.05, 0.1) is 12.0 Å². The number of hydrogen-bond donors (Lipinski definition) is 1. The molecule has 2 aliphatic rings. The van der Waals surface area contributed by atoms with E-state index in [1.54, 1.807) is 0 Å². The van der Waals surface area contributed by atoms with Crippen LogP contribution >= 0.6 is 0 Å². The van der Waals surface area contributed by atoms with Crippen LogP contribution in [-0.4, -0.2) is 49.8 Å².